The first-order chi connectivity index (χ1) is 18.4. The molecular weight excluding hydrogens is 480 g/mol. The van der Waals surface area contributed by atoms with E-state index in [-0.39, 0.29) is 23.9 Å². The molecule has 7 nitrogen and oxygen atoms in total. The van der Waals surface area contributed by atoms with E-state index < -0.39 is 0 Å². The average Bonchev–Trinajstić information content (AvgIpc) is 2.95. The predicted molar refractivity (Wildman–Crippen MR) is 150 cm³/mol. The van der Waals surface area contributed by atoms with Gasteiger partial charge in [-0.2, -0.15) is 0 Å². The Labute approximate surface area is 224 Å². The van der Waals surface area contributed by atoms with Crippen molar-refractivity contribution in [3.05, 3.63) is 83.9 Å². The standard InChI is InChI=1S/C31H34N2O5/c1-6-29(34)33(23-12-8-7-9-13-23)26-18-21(2)32(25-15-11-10-14-24(25)26)30(35)17-16-22-19-27(36-3)31(38-5)28(20-22)37-4/h7-17,19-21,26H,6,18H2,1-5H3/b17-16+/t21-,26-/m1/s1. The maximum atomic E-state index is 13.6. The minimum Gasteiger partial charge on any atom is -0.493 e. The van der Waals surface area contributed by atoms with Crippen molar-refractivity contribution < 1.29 is 23.8 Å². The summed E-state index contributed by atoms with van der Waals surface area (Å²) in [5.41, 5.74) is 3.35. The van der Waals surface area contributed by atoms with Gasteiger partial charge in [-0.15, -0.1) is 0 Å². The highest BCUT2D eigenvalue weighted by Crippen LogP contribution is 2.43. The van der Waals surface area contributed by atoms with Crippen molar-refractivity contribution in [2.75, 3.05) is 31.1 Å². The molecule has 3 aromatic carbocycles. The molecule has 0 fully saturated rings. The number of hydrogen-bond acceptors (Lipinski definition) is 5. The number of para-hydroxylation sites is 2. The van der Waals surface area contributed by atoms with E-state index in [1.54, 1.807) is 50.5 Å². The molecular formula is C31H34N2O5. The number of carbonyl (C=O) groups is 2. The minimum absolute atomic E-state index is 0.0466. The largest absolute Gasteiger partial charge is 0.493 e. The van der Waals surface area contributed by atoms with Crippen molar-refractivity contribution in [3.8, 4) is 17.2 Å². The third-order valence-corrected chi connectivity index (χ3v) is 6.82. The van der Waals surface area contributed by atoms with Gasteiger partial charge in [0.25, 0.3) is 5.91 Å². The fourth-order valence-electron chi connectivity index (χ4n) is 5.06. The summed E-state index contributed by atoms with van der Waals surface area (Å²) >= 11 is 0. The molecule has 0 saturated heterocycles. The van der Waals surface area contributed by atoms with Gasteiger partial charge < -0.3 is 24.0 Å². The Bertz CT molecular complexity index is 1300. The zero-order chi connectivity index (χ0) is 27.2. The molecule has 2 amide bonds. The van der Waals surface area contributed by atoms with Crippen LogP contribution in [0.25, 0.3) is 6.08 Å². The lowest BCUT2D eigenvalue weighted by molar-refractivity contribution is -0.118. The lowest BCUT2D eigenvalue weighted by Crippen LogP contribution is -2.47. The summed E-state index contributed by atoms with van der Waals surface area (Å²) in [7, 11) is 4.66. The van der Waals surface area contributed by atoms with Gasteiger partial charge in [-0.3, -0.25) is 9.59 Å². The Hall–Kier alpha value is -4.26. The van der Waals surface area contributed by atoms with E-state index in [0.717, 1.165) is 22.5 Å². The van der Waals surface area contributed by atoms with E-state index in [1.165, 1.54) is 0 Å². The van der Waals surface area contributed by atoms with Gasteiger partial charge in [-0.05, 0) is 60.9 Å². The monoisotopic (exact) mass is 514 g/mol. The first-order valence-corrected chi connectivity index (χ1v) is 12.7. The van der Waals surface area contributed by atoms with E-state index in [4.69, 9.17) is 14.2 Å². The van der Waals surface area contributed by atoms with Crippen molar-refractivity contribution in [3.63, 3.8) is 0 Å². The Morgan fingerprint density at radius 1 is 0.947 bits per heavy atom. The van der Waals surface area contributed by atoms with Gasteiger partial charge in [-0.1, -0.05) is 43.3 Å². The first-order valence-electron chi connectivity index (χ1n) is 12.7. The normalized spacial score (nSPS) is 16.6. The molecule has 7 heteroatoms. The molecule has 0 aromatic heterocycles. The fraction of sp³-hybridized carbons (Fsp3) is 0.290. The molecule has 0 radical (unpaired) electrons. The van der Waals surface area contributed by atoms with Crippen molar-refractivity contribution in [1.29, 1.82) is 0 Å². The highest BCUT2D eigenvalue weighted by atomic mass is 16.5. The molecule has 38 heavy (non-hydrogen) atoms. The number of methoxy groups -OCH3 is 3. The Kier molecular flexibility index (Phi) is 8.36. The topological polar surface area (TPSA) is 68.3 Å². The summed E-state index contributed by atoms with van der Waals surface area (Å²) in [6, 6.07) is 20.8. The summed E-state index contributed by atoms with van der Waals surface area (Å²) in [6.45, 7) is 3.90. The highest BCUT2D eigenvalue weighted by molar-refractivity contribution is 6.05. The van der Waals surface area contributed by atoms with Crippen LogP contribution in [0, 0.1) is 0 Å². The first kappa shape index (κ1) is 26.8. The maximum absolute atomic E-state index is 13.6. The van der Waals surface area contributed by atoms with Crippen LogP contribution in [0.15, 0.2) is 72.8 Å². The molecule has 0 aliphatic carbocycles. The summed E-state index contributed by atoms with van der Waals surface area (Å²) in [6.07, 6.45) is 4.30. The number of nitrogens with zero attached hydrogens (tertiary/aromatic N) is 2. The fourth-order valence-corrected chi connectivity index (χ4v) is 5.06. The van der Waals surface area contributed by atoms with Gasteiger partial charge in [0.15, 0.2) is 11.5 Å². The third kappa shape index (κ3) is 5.23. The zero-order valence-electron chi connectivity index (χ0n) is 22.5. The van der Waals surface area contributed by atoms with Gasteiger partial charge in [0.2, 0.25) is 11.7 Å². The van der Waals surface area contributed by atoms with Gasteiger partial charge >= 0.3 is 0 Å². The summed E-state index contributed by atoms with van der Waals surface area (Å²) in [5.74, 6) is 1.42. The average molecular weight is 515 g/mol. The molecule has 0 spiro atoms. The molecule has 0 N–H and O–H groups in total. The third-order valence-electron chi connectivity index (χ3n) is 6.82. The van der Waals surface area contributed by atoms with Crippen LogP contribution in [0.3, 0.4) is 0 Å². The number of ether oxygens (including phenoxy) is 3. The number of fused-ring (bicyclic) bond motifs is 1. The SMILES string of the molecule is CCC(=O)N(c1ccccc1)[C@@H]1C[C@@H](C)N(C(=O)/C=C/c2cc(OC)c(OC)c(OC)c2)c2ccccc21. The smallest absolute Gasteiger partial charge is 0.251 e. The van der Waals surface area contributed by atoms with Crippen molar-refractivity contribution in [2.24, 2.45) is 0 Å². The molecule has 0 unspecified atom stereocenters. The minimum atomic E-state index is -0.181. The molecule has 3 aromatic rings. The van der Waals surface area contributed by atoms with Crippen LogP contribution in [0.1, 0.15) is 43.9 Å². The molecule has 0 saturated carbocycles. The Balaban J connectivity index is 1.69. The second-order valence-electron chi connectivity index (χ2n) is 9.11. The van der Waals surface area contributed by atoms with E-state index in [2.05, 4.69) is 0 Å². The number of rotatable bonds is 8. The number of hydrogen-bond donors (Lipinski definition) is 0. The number of anilines is 2. The van der Waals surface area contributed by atoms with E-state index in [9.17, 15) is 9.59 Å². The zero-order valence-corrected chi connectivity index (χ0v) is 22.5. The molecule has 2 atom stereocenters. The Morgan fingerprint density at radius 3 is 2.18 bits per heavy atom. The summed E-state index contributed by atoms with van der Waals surface area (Å²) < 4.78 is 16.3. The predicted octanol–water partition coefficient (Wildman–Crippen LogP) is 6.04. The van der Waals surface area contributed by atoms with Crippen molar-refractivity contribution >= 4 is 29.3 Å². The second kappa shape index (κ2) is 11.9. The molecule has 198 valence electrons. The molecule has 1 heterocycles. The van der Waals surface area contributed by atoms with Crippen LogP contribution < -0.4 is 24.0 Å². The molecule has 1 aliphatic heterocycles. The highest BCUT2D eigenvalue weighted by Gasteiger charge is 2.37. The summed E-state index contributed by atoms with van der Waals surface area (Å²) in [5, 5.41) is 0. The molecule has 0 bridgehead atoms. The lowest BCUT2D eigenvalue weighted by Gasteiger charge is -2.43. The van der Waals surface area contributed by atoms with Gasteiger partial charge in [0.05, 0.1) is 27.4 Å². The van der Waals surface area contributed by atoms with Crippen LogP contribution in [0.2, 0.25) is 0 Å². The van der Waals surface area contributed by atoms with E-state index in [0.29, 0.717) is 30.1 Å². The van der Waals surface area contributed by atoms with Crippen molar-refractivity contribution in [2.45, 2.75) is 38.8 Å². The van der Waals surface area contributed by atoms with E-state index in [1.807, 2.05) is 73.3 Å². The number of amides is 2. The number of carbonyl (C=O) groups excluding carboxylic acids is 2. The van der Waals surface area contributed by atoms with Crippen LogP contribution in [-0.2, 0) is 9.59 Å². The summed E-state index contributed by atoms with van der Waals surface area (Å²) in [4.78, 5) is 30.4. The van der Waals surface area contributed by atoms with Gasteiger partial charge in [0, 0.05) is 29.9 Å². The van der Waals surface area contributed by atoms with Crippen LogP contribution in [0.5, 0.6) is 17.2 Å². The second-order valence-corrected chi connectivity index (χ2v) is 9.11. The van der Waals surface area contributed by atoms with Crippen LogP contribution in [-0.4, -0.2) is 39.2 Å². The van der Waals surface area contributed by atoms with Gasteiger partial charge in [-0.25, -0.2) is 0 Å². The molecule has 1 aliphatic rings. The Morgan fingerprint density at radius 2 is 1.58 bits per heavy atom. The van der Waals surface area contributed by atoms with Gasteiger partial charge in [0.1, 0.15) is 0 Å². The van der Waals surface area contributed by atoms with Crippen LogP contribution in [0.4, 0.5) is 11.4 Å². The van der Waals surface area contributed by atoms with E-state index >= 15 is 0 Å². The lowest BCUT2D eigenvalue weighted by atomic mass is 9.89. The maximum Gasteiger partial charge on any atom is 0.251 e. The van der Waals surface area contributed by atoms with Crippen LogP contribution >= 0.6 is 0 Å². The molecule has 4 rings (SSSR count). The number of benzene rings is 3. The van der Waals surface area contributed by atoms with Crippen molar-refractivity contribution in [1.82, 2.24) is 0 Å². The quantitative estimate of drug-likeness (QED) is 0.343.